The van der Waals surface area contributed by atoms with Crippen molar-refractivity contribution in [3.63, 3.8) is 0 Å². The Morgan fingerprint density at radius 1 is 0.889 bits per heavy atom. The van der Waals surface area contributed by atoms with Crippen molar-refractivity contribution in [1.29, 1.82) is 0 Å². The molecule has 0 radical (unpaired) electrons. The van der Waals surface area contributed by atoms with Crippen LogP contribution in [0.5, 0.6) is 17.2 Å². The lowest BCUT2D eigenvalue weighted by Crippen LogP contribution is -2.36. The quantitative estimate of drug-likeness (QED) is 0.357. The largest absolute Gasteiger partial charge is 0.496 e. The molecule has 0 saturated heterocycles. The van der Waals surface area contributed by atoms with Crippen molar-refractivity contribution >= 4 is 29.9 Å². The average molecular weight is 485 g/mol. The van der Waals surface area contributed by atoms with E-state index in [0.29, 0.717) is 36.3 Å². The minimum absolute atomic E-state index is 0. The van der Waals surface area contributed by atoms with Crippen molar-refractivity contribution in [2.45, 2.75) is 20.0 Å². The lowest BCUT2D eigenvalue weighted by Gasteiger charge is -2.17. The molecule has 2 N–H and O–H groups in total. The third-order valence-corrected chi connectivity index (χ3v) is 4.05. The SMILES string of the molecule is CN=C(NCc1ccc(C)cc1)NCc1c(OC)cc(OC)cc1OC.I. The molecule has 0 saturated carbocycles. The summed E-state index contributed by atoms with van der Waals surface area (Å²) in [6.07, 6.45) is 0. The van der Waals surface area contributed by atoms with E-state index in [2.05, 4.69) is 46.8 Å². The summed E-state index contributed by atoms with van der Waals surface area (Å²) < 4.78 is 16.2. The number of halogens is 1. The summed E-state index contributed by atoms with van der Waals surface area (Å²) >= 11 is 0. The number of nitrogens with one attached hydrogen (secondary N) is 2. The summed E-state index contributed by atoms with van der Waals surface area (Å²) in [5, 5.41) is 6.60. The van der Waals surface area contributed by atoms with Crippen LogP contribution < -0.4 is 24.8 Å². The van der Waals surface area contributed by atoms with E-state index in [9.17, 15) is 0 Å². The van der Waals surface area contributed by atoms with E-state index in [1.54, 1.807) is 28.4 Å². The molecule has 0 spiro atoms. The third kappa shape index (κ3) is 6.50. The van der Waals surface area contributed by atoms with Crippen LogP contribution >= 0.6 is 24.0 Å². The Morgan fingerprint density at radius 2 is 1.44 bits per heavy atom. The molecular formula is C20H28IN3O3. The predicted molar refractivity (Wildman–Crippen MR) is 120 cm³/mol. The maximum absolute atomic E-state index is 5.48. The Kier molecular flexibility index (Phi) is 9.77. The van der Waals surface area contributed by atoms with Crippen LogP contribution in [0.2, 0.25) is 0 Å². The number of guanidine groups is 1. The highest BCUT2D eigenvalue weighted by atomic mass is 127. The molecule has 0 aliphatic heterocycles. The normalized spacial score (nSPS) is 10.6. The highest BCUT2D eigenvalue weighted by Crippen LogP contribution is 2.33. The Morgan fingerprint density at radius 3 is 1.93 bits per heavy atom. The molecule has 7 heteroatoms. The molecule has 2 aromatic rings. The lowest BCUT2D eigenvalue weighted by molar-refractivity contribution is 0.368. The fourth-order valence-electron chi connectivity index (χ4n) is 2.54. The van der Waals surface area contributed by atoms with Gasteiger partial charge in [-0.05, 0) is 12.5 Å². The van der Waals surface area contributed by atoms with Gasteiger partial charge < -0.3 is 24.8 Å². The second-order valence-corrected chi connectivity index (χ2v) is 5.78. The molecule has 0 aromatic heterocycles. The van der Waals surface area contributed by atoms with Gasteiger partial charge in [-0.1, -0.05) is 29.8 Å². The summed E-state index contributed by atoms with van der Waals surface area (Å²) in [6, 6.07) is 12.1. The van der Waals surface area contributed by atoms with Gasteiger partial charge in [-0.3, -0.25) is 4.99 Å². The van der Waals surface area contributed by atoms with E-state index in [-0.39, 0.29) is 24.0 Å². The molecule has 0 aliphatic carbocycles. The van der Waals surface area contributed by atoms with Gasteiger partial charge in [0.25, 0.3) is 0 Å². The summed E-state index contributed by atoms with van der Waals surface area (Å²) in [5.41, 5.74) is 3.34. The van der Waals surface area contributed by atoms with Gasteiger partial charge in [0, 0.05) is 25.7 Å². The van der Waals surface area contributed by atoms with Crippen molar-refractivity contribution in [2.75, 3.05) is 28.4 Å². The fourth-order valence-corrected chi connectivity index (χ4v) is 2.54. The number of hydrogen-bond acceptors (Lipinski definition) is 4. The molecule has 6 nitrogen and oxygen atoms in total. The monoisotopic (exact) mass is 485 g/mol. The Bertz CT molecular complexity index is 724. The average Bonchev–Trinajstić information content (AvgIpc) is 2.68. The smallest absolute Gasteiger partial charge is 0.191 e. The van der Waals surface area contributed by atoms with Crippen molar-refractivity contribution in [1.82, 2.24) is 10.6 Å². The van der Waals surface area contributed by atoms with Crippen LogP contribution in [0, 0.1) is 6.92 Å². The summed E-state index contributed by atoms with van der Waals surface area (Å²) in [6.45, 7) is 3.27. The van der Waals surface area contributed by atoms with Gasteiger partial charge in [0.1, 0.15) is 17.2 Å². The number of hydrogen-bond donors (Lipinski definition) is 2. The molecule has 0 bridgehead atoms. The third-order valence-electron chi connectivity index (χ3n) is 4.05. The molecule has 0 unspecified atom stereocenters. The summed E-state index contributed by atoms with van der Waals surface area (Å²) in [7, 11) is 6.61. The Hall–Kier alpha value is -2.16. The van der Waals surface area contributed by atoms with Crippen molar-refractivity contribution in [3.05, 3.63) is 53.1 Å². The van der Waals surface area contributed by atoms with E-state index >= 15 is 0 Å². The first-order valence-electron chi connectivity index (χ1n) is 8.40. The zero-order valence-corrected chi connectivity index (χ0v) is 18.8. The molecule has 2 aromatic carbocycles. The van der Waals surface area contributed by atoms with E-state index in [0.717, 1.165) is 5.56 Å². The standard InChI is InChI=1S/C20H27N3O3.HI/c1-14-6-8-15(9-7-14)12-22-20(21-2)23-13-17-18(25-4)10-16(24-3)11-19(17)26-5;/h6-11H,12-13H2,1-5H3,(H2,21,22,23);1H. The summed E-state index contributed by atoms with van der Waals surface area (Å²) in [5.74, 6) is 2.78. The van der Waals surface area contributed by atoms with E-state index in [1.807, 2.05) is 12.1 Å². The van der Waals surface area contributed by atoms with Crippen LogP contribution in [0.15, 0.2) is 41.4 Å². The maximum atomic E-state index is 5.48. The zero-order chi connectivity index (χ0) is 18.9. The number of methoxy groups -OCH3 is 3. The molecule has 0 aliphatic rings. The number of aryl methyl sites for hydroxylation is 1. The van der Waals surface area contributed by atoms with Crippen LogP contribution in [-0.2, 0) is 13.1 Å². The molecule has 0 amide bonds. The lowest BCUT2D eigenvalue weighted by atomic mass is 10.1. The van der Waals surface area contributed by atoms with Crippen molar-refractivity contribution in [3.8, 4) is 17.2 Å². The minimum atomic E-state index is 0. The fraction of sp³-hybridized carbons (Fsp3) is 0.350. The first-order chi connectivity index (χ1) is 12.6. The molecule has 0 atom stereocenters. The second kappa shape index (κ2) is 11.5. The van der Waals surface area contributed by atoms with E-state index in [4.69, 9.17) is 14.2 Å². The molecule has 0 fully saturated rings. The highest BCUT2D eigenvalue weighted by molar-refractivity contribution is 14.0. The Balaban J connectivity index is 0.00000364. The van der Waals surface area contributed by atoms with Crippen LogP contribution in [0.25, 0.3) is 0 Å². The highest BCUT2D eigenvalue weighted by Gasteiger charge is 2.13. The number of benzene rings is 2. The Labute approximate surface area is 178 Å². The van der Waals surface area contributed by atoms with E-state index < -0.39 is 0 Å². The number of rotatable bonds is 7. The number of aliphatic imine (C=N–C) groups is 1. The zero-order valence-electron chi connectivity index (χ0n) is 16.5. The van der Waals surface area contributed by atoms with Crippen LogP contribution in [0.4, 0.5) is 0 Å². The van der Waals surface area contributed by atoms with Crippen LogP contribution in [0.3, 0.4) is 0 Å². The van der Waals surface area contributed by atoms with Gasteiger partial charge in [-0.25, -0.2) is 0 Å². The molecule has 2 rings (SSSR count). The van der Waals surface area contributed by atoms with Gasteiger partial charge in [0.15, 0.2) is 5.96 Å². The van der Waals surface area contributed by atoms with Crippen LogP contribution in [-0.4, -0.2) is 34.3 Å². The van der Waals surface area contributed by atoms with Gasteiger partial charge in [0.05, 0.1) is 33.4 Å². The molecule has 0 heterocycles. The van der Waals surface area contributed by atoms with Crippen LogP contribution in [0.1, 0.15) is 16.7 Å². The number of nitrogens with zero attached hydrogens (tertiary/aromatic N) is 1. The van der Waals surface area contributed by atoms with Crippen molar-refractivity contribution < 1.29 is 14.2 Å². The topological polar surface area (TPSA) is 64.1 Å². The van der Waals surface area contributed by atoms with Gasteiger partial charge in [0.2, 0.25) is 0 Å². The molecular weight excluding hydrogens is 457 g/mol. The number of ether oxygens (including phenoxy) is 3. The van der Waals surface area contributed by atoms with E-state index in [1.165, 1.54) is 11.1 Å². The second-order valence-electron chi connectivity index (χ2n) is 5.78. The first kappa shape index (κ1) is 22.9. The predicted octanol–water partition coefficient (Wildman–Crippen LogP) is 3.50. The maximum Gasteiger partial charge on any atom is 0.191 e. The van der Waals surface area contributed by atoms with Gasteiger partial charge >= 0.3 is 0 Å². The minimum Gasteiger partial charge on any atom is -0.496 e. The van der Waals surface area contributed by atoms with Gasteiger partial charge in [-0.15, -0.1) is 24.0 Å². The summed E-state index contributed by atoms with van der Waals surface area (Å²) in [4.78, 5) is 4.27. The molecule has 148 valence electrons. The van der Waals surface area contributed by atoms with Gasteiger partial charge in [-0.2, -0.15) is 0 Å². The first-order valence-corrected chi connectivity index (χ1v) is 8.40. The molecule has 27 heavy (non-hydrogen) atoms. The van der Waals surface area contributed by atoms with Crippen molar-refractivity contribution in [2.24, 2.45) is 4.99 Å².